The quantitative estimate of drug-likeness (QED) is 0.897. The van der Waals surface area contributed by atoms with E-state index in [1.165, 1.54) is 6.92 Å². The normalized spacial score (nSPS) is 17.5. The molecule has 1 heterocycles. The molecule has 1 aliphatic heterocycles. The van der Waals surface area contributed by atoms with Gasteiger partial charge in [0.05, 0.1) is 0 Å². The van der Waals surface area contributed by atoms with E-state index in [1.807, 2.05) is 31.2 Å². The van der Waals surface area contributed by atoms with Gasteiger partial charge in [-0.2, -0.15) is 0 Å². The largest absolute Gasteiger partial charge is 0.368 e. The molecule has 5 nitrogen and oxygen atoms in total. The number of rotatable bonds is 5. The molecular formula is C16H22N2O3. The van der Waals surface area contributed by atoms with Crippen molar-refractivity contribution in [2.45, 2.75) is 32.8 Å². The second-order valence-electron chi connectivity index (χ2n) is 5.25. The summed E-state index contributed by atoms with van der Waals surface area (Å²) in [6.45, 7) is 5.04. The molecule has 0 radical (unpaired) electrons. The highest BCUT2D eigenvalue weighted by Gasteiger charge is 2.23. The van der Waals surface area contributed by atoms with Crippen molar-refractivity contribution in [2.75, 3.05) is 24.6 Å². The van der Waals surface area contributed by atoms with Crippen LogP contribution in [0, 0.1) is 6.92 Å². The second kappa shape index (κ2) is 7.22. The summed E-state index contributed by atoms with van der Waals surface area (Å²) in [5.74, 6) is -0.114. The van der Waals surface area contributed by atoms with Gasteiger partial charge in [-0.3, -0.25) is 9.59 Å². The Bertz CT molecular complexity index is 510. The molecule has 0 bridgehead atoms. The van der Waals surface area contributed by atoms with Crippen LogP contribution in [0.4, 0.5) is 5.69 Å². The van der Waals surface area contributed by atoms with E-state index in [0.29, 0.717) is 19.7 Å². The van der Waals surface area contributed by atoms with Crippen molar-refractivity contribution in [2.24, 2.45) is 0 Å². The zero-order valence-electron chi connectivity index (χ0n) is 12.6. The Kier molecular flexibility index (Phi) is 5.33. The van der Waals surface area contributed by atoms with Crippen LogP contribution in [0.1, 0.15) is 25.3 Å². The SMILES string of the molecule is CC(=O)N(CCNC(=O)C1CCCO1)c1ccccc1C. The number of ether oxygens (including phenoxy) is 1. The summed E-state index contributed by atoms with van der Waals surface area (Å²) >= 11 is 0. The monoisotopic (exact) mass is 290 g/mol. The molecule has 114 valence electrons. The fraction of sp³-hybridized carbons (Fsp3) is 0.500. The maximum absolute atomic E-state index is 11.9. The van der Waals surface area contributed by atoms with Gasteiger partial charge >= 0.3 is 0 Å². The Morgan fingerprint density at radius 1 is 1.38 bits per heavy atom. The molecule has 21 heavy (non-hydrogen) atoms. The highest BCUT2D eigenvalue weighted by molar-refractivity contribution is 5.92. The van der Waals surface area contributed by atoms with E-state index < -0.39 is 0 Å². The van der Waals surface area contributed by atoms with Gasteiger partial charge in [0.2, 0.25) is 11.8 Å². The van der Waals surface area contributed by atoms with Gasteiger partial charge in [-0.1, -0.05) is 18.2 Å². The number of carbonyl (C=O) groups is 2. The van der Waals surface area contributed by atoms with Crippen LogP contribution >= 0.6 is 0 Å². The molecule has 1 aliphatic rings. The molecule has 0 saturated carbocycles. The lowest BCUT2D eigenvalue weighted by Gasteiger charge is -2.23. The van der Waals surface area contributed by atoms with Crippen LogP contribution in [-0.2, 0) is 14.3 Å². The fourth-order valence-electron chi connectivity index (χ4n) is 2.50. The molecule has 2 rings (SSSR count). The van der Waals surface area contributed by atoms with E-state index >= 15 is 0 Å². The molecule has 1 aromatic rings. The van der Waals surface area contributed by atoms with Crippen molar-refractivity contribution in [3.63, 3.8) is 0 Å². The number of amides is 2. The van der Waals surface area contributed by atoms with E-state index in [1.54, 1.807) is 4.90 Å². The van der Waals surface area contributed by atoms with Crippen molar-refractivity contribution >= 4 is 17.5 Å². The number of aryl methyl sites for hydroxylation is 1. The molecule has 0 aliphatic carbocycles. The maximum atomic E-state index is 11.9. The zero-order valence-corrected chi connectivity index (χ0v) is 12.6. The smallest absolute Gasteiger partial charge is 0.249 e. The van der Waals surface area contributed by atoms with Crippen molar-refractivity contribution < 1.29 is 14.3 Å². The molecule has 1 aromatic carbocycles. The molecular weight excluding hydrogens is 268 g/mol. The number of hydrogen-bond donors (Lipinski definition) is 1. The Labute approximate surface area is 125 Å². The first-order valence-corrected chi connectivity index (χ1v) is 7.32. The third-order valence-corrected chi connectivity index (χ3v) is 3.64. The number of nitrogens with zero attached hydrogens (tertiary/aromatic N) is 1. The Morgan fingerprint density at radius 3 is 2.76 bits per heavy atom. The van der Waals surface area contributed by atoms with Crippen LogP contribution in [0.5, 0.6) is 0 Å². The minimum atomic E-state index is -0.325. The van der Waals surface area contributed by atoms with Crippen LogP contribution < -0.4 is 10.2 Å². The Morgan fingerprint density at radius 2 is 2.14 bits per heavy atom. The summed E-state index contributed by atoms with van der Waals surface area (Å²) in [6.07, 6.45) is 1.38. The molecule has 1 saturated heterocycles. The zero-order chi connectivity index (χ0) is 15.2. The van der Waals surface area contributed by atoms with Crippen molar-refractivity contribution in [3.8, 4) is 0 Å². The van der Waals surface area contributed by atoms with Crippen LogP contribution in [0.15, 0.2) is 24.3 Å². The van der Waals surface area contributed by atoms with Gasteiger partial charge in [-0.25, -0.2) is 0 Å². The average molecular weight is 290 g/mol. The lowest BCUT2D eigenvalue weighted by Crippen LogP contribution is -2.41. The van der Waals surface area contributed by atoms with Gasteiger partial charge in [0.1, 0.15) is 6.10 Å². The second-order valence-corrected chi connectivity index (χ2v) is 5.25. The molecule has 0 spiro atoms. The van der Waals surface area contributed by atoms with Crippen molar-refractivity contribution in [1.29, 1.82) is 0 Å². The number of para-hydroxylation sites is 1. The van der Waals surface area contributed by atoms with Crippen molar-refractivity contribution in [3.05, 3.63) is 29.8 Å². The topological polar surface area (TPSA) is 58.6 Å². The van der Waals surface area contributed by atoms with Crippen molar-refractivity contribution in [1.82, 2.24) is 5.32 Å². The third kappa shape index (κ3) is 4.04. The number of hydrogen-bond acceptors (Lipinski definition) is 3. The lowest BCUT2D eigenvalue weighted by molar-refractivity contribution is -0.130. The number of nitrogens with one attached hydrogen (secondary N) is 1. The van der Waals surface area contributed by atoms with Crippen LogP contribution in [0.25, 0.3) is 0 Å². The summed E-state index contributed by atoms with van der Waals surface area (Å²) in [5.41, 5.74) is 1.93. The molecule has 1 N–H and O–H groups in total. The number of anilines is 1. The van der Waals surface area contributed by atoms with Crippen LogP contribution in [0.2, 0.25) is 0 Å². The molecule has 1 unspecified atom stereocenters. The Hall–Kier alpha value is -1.88. The number of benzene rings is 1. The molecule has 1 fully saturated rings. The van der Waals surface area contributed by atoms with Gasteiger partial charge < -0.3 is 15.0 Å². The molecule has 2 amide bonds. The molecule has 0 aromatic heterocycles. The summed E-state index contributed by atoms with van der Waals surface area (Å²) in [4.78, 5) is 25.4. The van der Waals surface area contributed by atoms with E-state index in [9.17, 15) is 9.59 Å². The summed E-state index contributed by atoms with van der Waals surface area (Å²) in [5, 5.41) is 2.84. The summed E-state index contributed by atoms with van der Waals surface area (Å²) in [7, 11) is 0. The maximum Gasteiger partial charge on any atom is 0.249 e. The van der Waals surface area contributed by atoms with Crippen LogP contribution in [-0.4, -0.2) is 37.6 Å². The third-order valence-electron chi connectivity index (χ3n) is 3.64. The first-order chi connectivity index (χ1) is 10.1. The highest BCUT2D eigenvalue weighted by atomic mass is 16.5. The lowest BCUT2D eigenvalue weighted by atomic mass is 10.2. The Balaban J connectivity index is 1.90. The van der Waals surface area contributed by atoms with Crippen LogP contribution in [0.3, 0.4) is 0 Å². The average Bonchev–Trinajstić information content (AvgIpc) is 2.98. The minimum absolute atomic E-state index is 0.0318. The predicted molar refractivity (Wildman–Crippen MR) is 81.2 cm³/mol. The van der Waals surface area contributed by atoms with Gasteiger partial charge in [0, 0.05) is 32.3 Å². The molecule has 1 atom stereocenters. The van der Waals surface area contributed by atoms with Gasteiger partial charge in [0.15, 0.2) is 0 Å². The van der Waals surface area contributed by atoms with Gasteiger partial charge in [0.25, 0.3) is 0 Å². The first-order valence-electron chi connectivity index (χ1n) is 7.32. The fourth-order valence-corrected chi connectivity index (χ4v) is 2.50. The summed E-state index contributed by atoms with van der Waals surface area (Å²) < 4.78 is 5.33. The van der Waals surface area contributed by atoms with E-state index in [0.717, 1.165) is 24.1 Å². The standard InChI is InChI=1S/C16H22N2O3/c1-12-6-3-4-7-14(12)18(13(2)19)10-9-17-16(20)15-8-5-11-21-15/h3-4,6-7,15H,5,8-11H2,1-2H3,(H,17,20). The van der Waals surface area contributed by atoms with E-state index in [2.05, 4.69) is 5.32 Å². The van der Waals surface area contributed by atoms with E-state index in [4.69, 9.17) is 4.74 Å². The van der Waals surface area contributed by atoms with E-state index in [-0.39, 0.29) is 17.9 Å². The molecule has 5 heteroatoms. The predicted octanol–water partition coefficient (Wildman–Crippen LogP) is 1.64. The first kappa shape index (κ1) is 15.5. The highest BCUT2D eigenvalue weighted by Crippen LogP contribution is 2.19. The minimum Gasteiger partial charge on any atom is -0.368 e. The number of carbonyl (C=O) groups excluding carboxylic acids is 2. The summed E-state index contributed by atoms with van der Waals surface area (Å²) in [6, 6.07) is 7.73. The van der Waals surface area contributed by atoms with Gasteiger partial charge in [-0.15, -0.1) is 0 Å². The van der Waals surface area contributed by atoms with Gasteiger partial charge in [-0.05, 0) is 31.4 Å².